The van der Waals surface area contributed by atoms with E-state index in [2.05, 4.69) is 15.5 Å². The third-order valence-corrected chi connectivity index (χ3v) is 4.01. The lowest BCUT2D eigenvalue weighted by molar-refractivity contribution is 0.0912. The second-order valence-corrected chi connectivity index (χ2v) is 5.33. The number of fused-ring (bicyclic) bond motifs is 1. The first-order valence-electron chi connectivity index (χ1n) is 6.84. The summed E-state index contributed by atoms with van der Waals surface area (Å²) in [7, 11) is 0. The Morgan fingerprint density at radius 2 is 2.35 bits per heavy atom. The van der Waals surface area contributed by atoms with Gasteiger partial charge in [0, 0.05) is 29.6 Å². The van der Waals surface area contributed by atoms with Crippen molar-refractivity contribution in [3.05, 3.63) is 23.9 Å². The quantitative estimate of drug-likeness (QED) is 0.628. The van der Waals surface area contributed by atoms with Crippen LogP contribution in [0.3, 0.4) is 0 Å². The SMILES string of the molecule is Nc1ccc2[nH]nc(C(=O)NC3CCCC3CO)c2c1. The largest absolute Gasteiger partial charge is 0.399 e. The summed E-state index contributed by atoms with van der Waals surface area (Å²) in [6, 6.07) is 5.34. The summed E-state index contributed by atoms with van der Waals surface area (Å²) in [6.45, 7) is 0.110. The average Bonchev–Trinajstić information content (AvgIpc) is 3.04. The summed E-state index contributed by atoms with van der Waals surface area (Å²) < 4.78 is 0. The smallest absolute Gasteiger partial charge is 0.272 e. The van der Waals surface area contributed by atoms with Crippen molar-refractivity contribution in [1.29, 1.82) is 0 Å². The van der Waals surface area contributed by atoms with E-state index in [0.717, 1.165) is 30.2 Å². The number of hydrogen-bond acceptors (Lipinski definition) is 4. The first-order valence-corrected chi connectivity index (χ1v) is 6.84. The molecule has 0 bridgehead atoms. The number of nitrogens with two attached hydrogens (primary N) is 1. The highest BCUT2D eigenvalue weighted by molar-refractivity contribution is 6.05. The topological polar surface area (TPSA) is 104 Å². The number of aromatic nitrogens is 2. The number of anilines is 1. The molecule has 1 fully saturated rings. The zero-order valence-electron chi connectivity index (χ0n) is 11.1. The van der Waals surface area contributed by atoms with Crippen LogP contribution in [0.15, 0.2) is 18.2 Å². The maximum absolute atomic E-state index is 12.3. The van der Waals surface area contributed by atoms with Gasteiger partial charge in [-0.15, -0.1) is 0 Å². The molecule has 6 heteroatoms. The summed E-state index contributed by atoms with van der Waals surface area (Å²) in [5.74, 6) is -0.0681. The molecule has 2 aromatic rings. The zero-order valence-corrected chi connectivity index (χ0v) is 11.1. The van der Waals surface area contributed by atoms with Crippen LogP contribution >= 0.6 is 0 Å². The minimum absolute atomic E-state index is 0.0281. The molecule has 6 nitrogen and oxygen atoms in total. The third-order valence-electron chi connectivity index (χ3n) is 4.01. The van der Waals surface area contributed by atoms with Crippen LogP contribution < -0.4 is 11.1 Å². The van der Waals surface area contributed by atoms with E-state index in [0.29, 0.717) is 11.4 Å². The van der Waals surface area contributed by atoms with Gasteiger partial charge in [-0.2, -0.15) is 5.10 Å². The van der Waals surface area contributed by atoms with Crippen LogP contribution in [-0.4, -0.2) is 33.9 Å². The van der Waals surface area contributed by atoms with Gasteiger partial charge in [0.25, 0.3) is 5.91 Å². The van der Waals surface area contributed by atoms with Crippen LogP contribution in [0, 0.1) is 5.92 Å². The number of aromatic amines is 1. The lowest BCUT2D eigenvalue weighted by Crippen LogP contribution is -2.38. The fourth-order valence-corrected chi connectivity index (χ4v) is 2.89. The van der Waals surface area contributed by atoms with Gasteiger partial charge < -0.3 is 16.2 Å². The molecule has 1 aromatic carbocycles. The number of aliphatic hydroxyl groups excluding tert-OH is 1. The lowest BCUT2D eigenvalue weighted by Gasteiger charge is -2.18. The molecular formula is C14H18N4O2. The Balaban J connectivity index is 1.84. The van der Waals surface area contributed by atoms with Crippen LogP contribution in [0.5, 0.6) is 0 Å². The standard InChI is InChI=1S/C14H18N4O2/c15-9-4-5-12-10(6-9)13(18-17-12)14(20)16-11-3-1-2-8(11)7-19/h4-6,8,11,19H,1-3,7,15H2,(H,16,20)(H,17,18). The van der Waals surface area contributed by atoms with Crippen molar-refractivity contribution in [3.8, 4) is 0 Å². The Kier molecular flexibility index (Phi) is 3.31. The van der Waals surface area contributed by atoms with E-state index in [4.69, 9.17) is 5.73 Å². The van der Waals surface area contributed by atoms with E-state index in [1.165, 1.54) is 0 Å². The highest BCUT2D eigenvalue weighted by Crippen LogP contribution is 2.26. The van der Waals surface area contributed by atoms with Crippen molar-refractivity contribution >= 4 is 22.5 Å². The summed E-state index contributed by atoms with van der Waals surface area (Å²) >= 11 is 0. The molecule has 0 saturated heterocycles. The van der Waals surface area contributed by atoms with E-state index in [1.54, 1.807) is 18.2 Å². The minimum Gasteiger partial charge on any atom is -0.399 e. The van der Waals surface area contributed by atoms with E-state index in [1.807, 2.05) is 0 Å². The highest BCUT2D eigenvalue weighted by Gasteiger charge is 2.29. The van der Waals surface area contributed by atoms with Crippen LogP contribution in [0.1, 0.15) is 29.8 Å². The third kappa shape index (κ3) is 2.22. The molecule has 20 heavy (non-hydrogen) atoms. The first kappa shape index (κ1) is 12.9. The van der Waals surface area contributed by atoms with Gasteiger partial charge in [-0.3, -0.25) is 9.89 Å². The Labute approximate surface area is 116 Å². The number of hydrogen-bond donors (Lipinski definition) is 4. The number of aliphatic hydroxyl groups is 1. The molecule has 0 spiro atoms. The number of nitrogens with zero attached hydrogens (tertiary/aromatic N) is 1. The maximum Gasteiger partial charge on any atom is 0.272 e. The van der Waals surface area contributed by atoms with E-state index < -0.39 is 0 Å². The number of nitrogen functional groups attached to an aromatic ring is 1. The summed E-state index contributed by atoms with van der Waals surface area (Å²) in [5.41, 5.74) is 7.50. The fourth-order valence-electron chi connectivity index (χ4n) is 2.89. The molecule has 1 heterocycles. The molecule has 1 aliphatic rings. The summed E-state index contributed by atoms with van der Waals surface area (Å²) in [4.78, 5) is 12.3. The second-order valence-electron chi connectivity index (χ2n) is 5.33. The number of rotatable bonds is 3. The van der Waals surface area contributed by atoms with E-state index in [9.17, 15) is 9.90 Å². The molecule has 106 valence electrons. The summed E-state index contributed by atoms with van der Waals surface area (Å²) in [6.07, 6.45) is 2.89. The van der Waals surface area contributed by atoms with Crippen molar-refractivity contribution in [2.45, 2.75) is 25.3 Å². The van der Waals surface area contributed by atoms with Crippen molar-refractivity contribution in [3.63, 3.8) is 0 Å². The second kappa shape index (κ2) is 5.13. The van der Waals surface area contributed by atoms with Crippen LogP contribution in [0.2, 0.25) is 0 Å². The first-order chi connectivity index (χ1) is 9.69. The molecule has 1 amide bonds. The number of carbonyl (C=O) groups is 1. The molecule has 0 radical (unpaired) electrons. The van der Waals surface area contributed by atoms with E-state index in [-0.39, 0.29) is 24.5 Å². The molecule has 1 aromatic heterocycles. The van der Waals surface area contributed by atoms with Gasteiger partial charge in [0.05, 0.1) is 5.52 Å². The number of nitrogens with one attached hydrogen (secondary N) is 2. The van der Waals surface area contributed by atoms with Crippen molar-refractivity contribution in [2.24, 2.45) is 5.92 Å². The van der Waals surface area contributed by atoms with Crippen LogP contribution in [0.4, 0.5) is 5.69 Å². The van der Waals surface area contributed by atoms with Crippen molar-refractivity contribution < 1.29 is 9.90 Å². The minimum atomic E-state index is -0.216. The van der Waals surface area contributed by atoms with Gasteiger partial charge in [-0.25, -0.2) is 0 Å². The number of benzene rings is 1. The van der Waals surface area contributed by atoms with Gasteiger partial charge in [0.1, 0.15) is 0 Å². The molecule has 0 aliphatic heterocycles. The molecule has 1 saturated carbocycles. The number of amides is 1. The van der Waals surface area contributed by atoms with Crippen molar-refractivity contribution in [1.82, 2.24) is 15.5 Å². The Morgan fingerprint density at radius 3 is 3.15 bits per heavy atom. The summed E-state index contributed by atoms with van der Waals surface area (Å²) in [5, 5.41) is 19.9. The van der Waals surface area contributed by atoms with Crippen molar-refractivity contribution in [2.75, 3.05) is 12.3 Å². The predicted octanol–water partition coefficient (Wildman–Crippen LogP) is 1.04. The number of carbonyl (C=O) groups excluding carboxylic acids is 1. The zero-order chi connectivity index (χ0) is 14.1. The van der Waals surface area contributed by atoms with Gasteiger partial charge >= 0.3 is 0 Å². The molecular weight excluding hydrogens is 256 g/mol. The lowest BCUT2D eigenvalue weighted by atomic mass is 10.0. The average molecular weight is 274 g/mol. The Morgan fingerprint density at radius 1 is 1.50 bits per heavy atom. The molecule has 2 atom stereocenters. The fraction of sp³-hybridized carbons (Fsp3) is 0.429. The van der Waals surface area contributed by atoms with Gasteiger partial charge in [-0.05, 0) is 31.0 Å². The van der Waals surface area contributed by atoms with Gasteiger partial charge in [0.15, 0.2) is 5.69 Å². The molecule has 5 N–H and O–H groups in total. The highest BCUT2D eigenvalue weighted by atomic mass is 16.3. The van der Waals surface area contributed by atoms with Gasteiger partial charge in [0.2, 0.25) is 0 Å². The van der Waals surface area contributed by atoms with E-state index >= 15 is 0 Å². The predicted molar refractivity (Wildman–Crippen MR) is 76.2 cm³/mol. The maximum atomic E-state index is 12.3. The van der Waals surface area contributed by atoms with Crippen LogP contribution in [0.25, 0.3) is 10.9 Å². The normalized spacial score (nSPS) is 22.2. The Bertz CT molecular complexity index is 637. The molecule has 1 aliphatic carbocycles. The van der Waals surface area contributed by atoms with Gasteiger partial charge in [-0.1, -0.05) is 6.42 Å². The number of H-pyrrole nitrogens is 1. The molecule has 2 unspecified atom stereocenters. The Hall–Kier alpha value is -2.08. The van der Waals surface area contributed by atoms with Crippen LogP contribution in [-0.2, 0) is 0 Å². The monoisotopic (exact) mass is 274 g/mol. The molecule has 3 rings (SSSR count).